The number of nitrogens with one attached hydrogen (secondary N) is 2. The van der Waals surface area contributed by atoms with E-state index in [4.69, 9.17) is 9.47 Å². The zero-order chi connectivity index (χ0) is 15.9. The third-order valence-electron chi connectivity index (χ3n) is 2.81. The highest BCUT2D eigenvalue weighted by Crippen LogP contribution is 1.98. The Kier molecular flexibility index (Phi) is 13.6. The highest BCUT2D eigenvalue weighted by Gasteiger charge is 1.98. The van der Waals surface area contributed by atoms with Crippen LogP contribution in [0, 0.1) is 11.8 Å². The van der Waals surface area contributed by atoms with Crippen molar-refractivity contribution in [3.8, 4) is 0 Å². The van der Waals surface area contributed by atoms with Crippen LogP contribution in [0.3, 0.4) is 0 Å². The highest BCUT2D eigenvalue weighted by molar-refractivity contribution is 5.79. The fraction of sp³-hybridized carbons (Fsp3) is 0.938. The summed E-state index contributed by atoms with van der Waals surface area (Å²) >= 11 is 0. The summed E-state index contributed by atoms with van der Waals surface area (Å²) in [4.78, 5) is 4.18. The van der Waals surface area contributed by atoms with E-state index < -0.39 is 0 Å². The fourth-order valence-electron chi connectivity index (χ4n) is 1.58. The summed E-state index contributed by atoms with van der Waals surface area (Å²) in [6, 6.07) is 0. The molecule has 0 aromatic heterocycles. The average molecular weight is 301 g/mol. The molecular weight excluding hydrogens is 266 g/mol. The molecule has 0 rings (SSSR count). The summed E-state index contributed by atoms with van der Waals surface area (Å²) in [5, 5.41) is 6.51. The number of rotatable bonds is 12. The summed E-state index contributed by atoms with van der Waals surface area (Å²) in [7, 11) is 1.78. The lowest BCUT2D eigenvalue weighted by Gasteiger charge is -2.12. The van der Waals surface area contributed by atoms with E-state index in [1.807, 2.05) is 0 Å². The molecule has 21 heavy (non-hydrogen) atoms. The van der Waals surface area contributed by atoms with Gasteiger partial charge in [0.1, 0.15) is 0 Å². The van der Waals surface area contributed by atoms with Crippen LogP contribution in [0.15, 0.2) is 4.99 Å². The second-order valence-electron chi connectivity index (χ2n) is 6.04. The molecule has 5 heteroatoms. The molecule has 0 aliphatic carbocycles. The van der Waals surface area contributed by atoms with Crippen LogP contribution in [0.25, 0.3) is 0 Å². The van der Waals surface area contributed by atoms with Gasteiger partial charge in [-0.2, -0.15) is 0 Å². The van der Waals surface area contributed by atoms with Gasteiger partial charge in [0.25, 0.3) is 0 Å². The lowest BCUT2D eigenvalue weighted by molar-refractivity contribution is 0.108. The molecule has 2 N–H and O–H groups in total. The Morgan fingerprint density at radius 2 is 1.62 bits per heavy atom. The maximum Gasteiger partial charge on any atom is 0.191 e. The van der Waals surface area contributed by atoms with Crippen LogP contribution in [0.2, 0.25) is 0 Å². The van der Waals surface area contributed by atoms with Crippen LogP contribution in [0.4, 0.5) is 0 Å². The van der Waals surface area contributed by atoms with Gasteiger partial charge in [0.05, 0.1) is 6.61 Å². The van der Waals surface area contributed by atoms with E-state index in [1.165, 1.54) is 0 Å². The molecular formula is C16H35N3O2. The SMILES string of the molecule is CN=C(NCCCOCC(C)C)NCCOCCC(C)C. The molecule has 0 radical (unpaired) electrons. The molecule has 0 unspecified atom stereocenters. The molecule has 0 spiro atoms. The third kappa shape index (κ3) is 15.4. The van der Waals surface area contributed by atoms with E-state index in [1.54, 1.807) is 7.05 Å². The molecule has 0 aromatic carbocycles. The van der Waals surface area contributed by atoms with Crippen molar-refractivity contribution in [2.75, 3.05) is 46.6 Å². The van der Waals surface area contributed by atoms with Gasteiger partial charge < -0.3 is 20.1 Å². The number of guanidine groups is 1. The molecule has 0 amide bonds. The van der Waals surface area contributed by atoms with E-state index in [9.17, 15) is 0 Å². The van der Waals surface area contributed by atoms with E-state index in [0.717, 1.165) is 51.7 Å². The van der Waals surface area contributed by atoms with Gasteiger partial charge in [-0.3, -0.25) is 4.99 Å². The molecule has 0 heterocycles. The summed E-state index contributed by atoms with van der Waals surface area (Å²) in [6.45, 7) is 13.6. The average Bonchev–Trinajstić information content (AvgIpc) is 2.43. The van der Waals surface area contributed by atoms with Crippen LogP contribution in [-0.4, -0.2) is 52.5 Å². The van der Waals surface area contributed by atoms with E-state index in [2.05, 4.69) is 43.3 Å². The number of hydrogen-bond donors (Lipinski definition) is 2. The number of aliphatic imine (C=N–C) groups is 1. The van der Waals surface area contributed by atoms with Gasteiger partial charge in [-0.05, 0) is 24.7 Å². The maximum absolute atomic E-state index is 5.55. The molecule has 0 fully saturated rings. The number of ether oxygens (including phenoxy) is 2. The summed E-state index contributed by atoms with van der Waals surface area (Å²) in [5.41, 5.74) is 0. The molecule has 126 valence electrons. The van der Waals surface area contributed by atoms with Crippen molar-refractivity contribution >= 4 is 5.96 Å². The summed E-state index contributed by atoms with van der Waals surface area (Å²) in [5.74, 6) is 2.12. The van der Waals surface area contributed by atoms with Crippen molar-refractivity contribution in [1.82, 2.24) is 10.6 Å². The monoisotopic (exact) mass is 301 g/mol. The minimum Gasteiger partial charge on any atom is -0.381 e. The van der Waals surface area contributed by atoms with Crippen molar-refractivity contribution in [2.24, 2.45) is 16.8 Å². The molecule has 0 aliphatic heterocycles. The smallest absolute Gasteiger partial charge is 0.191 e. The van der Waals surface area contributed by atoms with Gasteiger partial charge >= 0.3 is 0 Å². The van der Waals surface area contributed by atoms with Crippen LogP contribution in [0.5, 0.6) is 0 Å². The van der Waals surface area contributed by atoms with Crippen molar-refractivity contribution in [1.29, 1.82) is 0 Å². The second kappa shape index (κ2) is 14.1. The highest BCUT2D eigenvalue weighted by atomic mass is 16.5. The molecule has 0 saturated carbocycles. The Morgan fingerprint density at radius 1 is 0.905 bits per heavy atom. The van der Waals surface area contributed by atoms with E-state index in [0.29, 0.717) is 18.4 Å². The van der Waals surface area contributed by atoms with Crippen molar-refractivity contribution in [2.45, 2.75) is 40.5 Å². The fourth-order valence-corrected chi connectivity index (χ4v) is 1.58. The first-order chi connectivity index (χ1) is 10.1. The first-order valence-corrected chi connectivity index (χ1v) is 8.16. The molecule has 0 aliphatic rings. The Hall–Kier alpha value is -0.810. The summed E-state index contributed by atoms with van der Waals surface area (Å²) in [6.07, 6.45) is 2.10. The lowest BCUT2D eigenvalue weighted by atomic mass is 10.1. The predicted molar refractivity (Wildman–Crippen MR) is 89.9 cm³/mol. The van der Waals surface area contributed by atoms with Crippen molar-refractivity contribution in [3.63, 3.8) is 0 Å². The van der Waals surface area contributed by atoms with Gasteiger partial charge in [0.15, 0.2) is 5.96 Å². The minimum absolute atomic E-state index is 0.600. The quantitative estimate of drug-likeness (QED) is 0.330. The van der Waals surface area contributed by atoms with Crippen molar-refractivity contribution < 1.29 is 9.47 Å². The number of nitrogens with zero attached hydrogens (tertiary/aromatic N) is 1. The number of hydrogen-bond acceptors (Lipinski definition) is 3. The second-order valence-corrected chi connectivity index (χ2v) is 6.04. The third-order valence-corrected chi connectivity index (χ3v) is 2.81. The van der Waals surface area contributed by atoms with Gasteiger partial charge in [-0.25, -0.2) is 0 Å². The normalized spacial score (nSPS) is 12.2. The maximum atomic E-state index is 5.55. The Morgan fingerprint density at radius 3 is 2.24 bits per heavy atom. The standard InChI is InChI=1S/C16H35N3O2/c1-14(2)7-11-20-12-9-19-16(17-5)18-8-6-10-21-13-15(3)4/h14-15H,6-13H2,1-5H3,(H2,17,18,19). The Labute approximate surface area is 130 Å². The first kappa shape index (κ1) is 20.2. The van der Waals surface area contributed by atoms with E-state index >= 15 is 0 Å². The summed E-state index contributed by atoms with van der Waals surface area (Å²) < 4.78 is 11.1. The van der Waals surface area contributed by atoms with E-state index in [-0.39, 0.29) is 0 Å². The zero-order valence-corrected chi connectivity index (χ0v) is 14.6. The topological polar surface area (TPSA) is 54.9 Å². The first-order valence-electron chi connectivity index (χ1n) is 8.16. The Balaban J connectivity index is 3.42. The van der Waals surface area contributed by atoms with Gasteiger partial charge in [0.2, 0.25) is 0 Å². The van der Waals surface area contributed by atoms with Crippen LogP contribution in [-0.2, 0) is 9.47 Å². The molecule has 0 aromatic rings. The molecule has 5 nitrogen and oxygen atoms in total. The van der Waals surface area contributed by atoms with Gasteiger partial charge in [-0.1, -0.05) is 27.7 Å². The van der Waals surface area contributed by atoms with Gasteiger partial charge in [0, 0.05) is 40.0 Å². The van der Waals surface area contributed by atoms with Crippen molar-refractivity contribution in [3.05, 3.63) is 0 Å². The van der Waals surface area contributed by atoms with Crippen LogP contribution in [0.1, 0.15) is 40.5 Å². The zero-order valence-electron chi connectivity index (χ0n) is 14.6. The molecule has 0 saturated heterocycles. The predicted octanol–water partition coefficient (Wildman–Crippen LogP) is 2.28. The molecule has 0 bridgehead atoms. The molecule has 0 atom stereocenters. The van der Waals surface area contributed by atoms with Crippen LogP contribution >= 0.6 is 0 Å². The van der Waals surface area contributed by atoms with Gasteiger partial charge in [-0.15, -0.1) is 0 Å². The Bertz CT molecular complexity index is 234. The lowest BCUT2D eigenvalue weighted by Crippen LogP contribution is -2.39. The largest absolute Gasteiger partial charge is 0.381 e. The minimum atomic E-state index is 0.600. The van der Waals surface area contributed by atoms with Crippen LogP contribution < -0.4 is 10.6 Å².